The lowest BCUT2D eigenvalue weighted by Crippen LogP contribution is -2.33. The number of halogens is 3. The molecule has 1 amide bonds. The standard InChI is InChI=1S/C29H25BrClFN4O/c30-24-16-26(35-29(37)23-9-12-33-27(31)15-23)28(34-17-24)22-10-13-36(14-11-22)18-19-1-3-20(4-2-19)21-5-7-25(32)8-6-21/h1-9,12,15-17,22H,10-11,13-14,18H2,(H,35,37). The van der Waals surface area contributed by atoms with E-state index < -0.39 is 0 Å². The summed E-state index contributed by atoms with van der Waals surface area (Å²) in [4.78, 5) is 23.9. The summed E-state index contributed by atoms with van der Waals surface area (Å²) in [6, 6.07) is 20.1. The van der Waals surface area contributed by atoms with Crippen molar-refractivity contribution in [1.82, 2.24) is 14.9 Å². The topological polar surface area (TPSA) is 58.1 Å². The highest BCUT2D eigenvalue weighted by molar-refractivity contribution is 9.10. The summed E-state index contributed by atoms with van der Waals surface area (Å²) in [7, 11) is 0. The minimum Gasteiger partial charge on any atom is -0.320 e. The van der Waals surface area contributed by atoms with Gasteiger partial charge in [0.2, 0.25) is 0 Å². The fourth-order valence-electron chi connectivity index (χ4n) is 4.68. The lowest BCUT2D eigenvalue weighted by Gasteiger charge is -2.32. The molecular formula is C29H25BrClFN4O. The van der Waals surface area contributed by atoms with Gasteiger partial charge in [-0.2, -0.15) is 0 Å². The number of nitrogens with zero attached hydrogens (tertiary/aromatic N) is 3. The minimum absolute atomic E-state index is 0.227. The summed E-state index contributed by atoms with van der Waals surface area (Å²) in [5.74, 6) is -0.219. The fraction of sp³-hybridized carbons (Fsp3) is 0.207. The maximum atomic E-state index is 13.2. The van der Waals surface area contributed by atoms with Gasteiger partial charge >= 0.3 is 0 Å². The molecule has 2 aromatic heterocycles. The molecule has 3 heterocycles. The van der Waals surface area contributed by atoms with Gasteiger partial charge < -0.3 is 5.32 Å². The van der Waals surface area contributed by atoms with Crippen molar-refractivity contribution in [3.05, 3.63) is 111 Å². The second-order valence-corrected chi connectivity index (χ2v) is 10.5. The number of nitrogens with one attached hydrogen (secondary N) is 1. The average molecular weight is 580 g/mol. The van der Waals surface area contributed by atoms with Crippen LogP contribution in [0, 0.1) is 5.82 Å². The van der Waals surface area contributed by atoms with E-state index >= 15 is 0 Å². The second-order valence-electron chi connectivity index (χ2n) is 9.16. The third-order valence-electron chi connectivity index (χ3n) is 6.63. The first kappa shape index (κ1) is 25.5. The van der Waals surface area contributed by atoms with Gasteiger partial charge in [-0.25, -0.2) is 9.37 Å². The quantitative estimate of drug-likeness (QED) is 0.243. The smallest absolute Gasteiger partial charge is 0.255 e. The molecule has 0 saturated carbocycles. The zero-order valence-electron chi connectivity index (χ0n) is 20.0. The third kappa shape index (κ3) is 6.42. The van der Waals surface area contributed by atoms with Crippen molar-refractivity contribution < 1.29 is 9.18 Å². The number of likely N-dealkylation sites (tertiary alicyclic amines) is 1. The van der Waals surface area contributed by atoms with E-state index in [1.54, 1.807) is 30.5 Å². The highest BCUT2D eigenvalue weighted by Crippen LogP contribution is 2.34. The lowest BCUT2D eigenvalue weighted by atomic mass is 9.91. The summed E-state index contributed by atoms with van der Waals surface area (Å²) < 4.78 is 14.0. The van der Waals surface area contributed by atoms with Crippen LogP contribution in [0.25, 0.3) is 11.1 Å². The number of pyridine rings is 2. The number of benzene rings is 2. The van der Waals surface area contributed by atoms with E-state index in [0.29, 0.717) is 11.3 Å². The number of aromatic nitrogens is 2. The van der Waals surface area contributed by atoms with E-state index in [4.69, 9.17) is 11.6 Å². The Labute approximate surface area is 228 Å². The normalized spacial score (nSPS) is 14.5. The van der Waals surface area contributed by atoms with Crippen molar-refractivity contribution >= 4 is 39.1 Å². The van der Waals surface area contributed by atoms with Crippen LogP contribution in [0.5, 0.6) is 0 Å². The predicted octanol–water partition coefficient (Wildman–Crippen LogP) is 7.33. The SMILES string of the molecule is O=C(Nc1cc(Br)cnc1C1CCN(Cc2ccc(-c3ccc(F)cc3)cc2)CC1)c1ccnc(Cl)c1. The summed E-state index contributed by atoms with van der Waals surface area (Å²) in [5, 5.41) is 3.29. The Morgan fingerprint density at radius 3 is 2.35 bits per heavy atom. The van der Waals surface area contributed by atoms with Gasteiger partial charge in [0.15, 0.2) is 0 Å². The second kappa shape index (κ2) is 11.5. The maximum absolute atomic E-state index is 13.2. The highest BCUT2D eigenvalue weighted by atomic mass is 79.9. The molecule has 1 fully saturated rings. The molecule has 5 nitrogen and oxygen atoms in total. The number of amides is 1. The van der Waals surface area contributed by atoms with Gasteiger partial charge in [0.05, 0.1) is 11.4 Å². The predicted molar refractivity (Wildman–Crippen MR) is 148 cm³/mol. The van der Waals surface area contributed by atoms with Crippen molar-refractivity contribution in [2.24, 2.45) is 0 Å². The van der Waals surface area contributed by atoms with Crippen LogP contribution < -0.4 is 5.32 Å². The molecular weight excluding hydrogens is 555 g/mol. The first-order chi connectivity index (χ1) is 17.9. The van der Waals surface area contributed by atoms with Gasteiger partial charge in [-0.15, -0.1) is 0 Å². The summed E-state index contributed by atoms with van der Waals surface area (Å²) in [5.41, 5.74) is 5.39. The van der Waals surface area contributed by atoms with Gasteiger partial charge in [-0.1, -0.05) is 48.0 Å². The summed E-state index contributed by atoms with van der Waals surface area (Å²) in [6.07, 6.45) is 5.20. The molecule has 0 spiro atoms. The largest absolute Gasteiger partial charge is 0.320 e. The Balaban J connectivity index is 1.21. The van der Waals surface area contributed by atoms with E-state index in [2.05, 4.69) is 60.4 Å². The van der Waals surface area contributed by atoms with E-state index in [-0.39, 0.29) is 22.8 Å². The summed E-state index contributed by atoms with van der Waals surface area (Å²) >= 11 is 9.43. The van der Waals surface area contributed by atoms with Gasteiger partial charge in [0, 0.05) is 34.9 Å². The summed E-state index contributed by atoms with van der Waals surface area (Å²) in [6.45, 7) is 2.75. The molecule has 4 aromatic rings. The molecule has 1 aliphatic heterocycles. The Hall–Kier alpha value is -3.13. The first-order valence-corrected chi connectivity index (χ1v) is 13.3. The van der Waals surface area contributed by atoms with E-state index in [1.807, 2.05) is 6.07 Å². The molecule has 1 saturated heterocycles. The zero-order chi connectivity index (χ0) is 25.8. The Kier molecular flexibility index (Phi) is 7.93. The molecule has 2 aromatic carbocycles. The number of carbonyl (C=O) groups excluding carboxylic acids is 1. The number of anilines is 1. The van der Waals surface area contributed by atoms with Crippen LogP contribution >= 0.6 is 27.5 Å². The van der Waals surface area contributed by atoms with E-state index in [9.17, 15) is 9.18 Å². The number of hydrogen-bond acceptors (Lipinski definition) is 4. The molecule has 5 rings (SSSR count). The van der Waals surface area contributed by atoms with Crippen molar-refractivity contribution in [3.8, 4) is 11.1 Å². The maximum Gasteiger partial charge on any atom is 0.255 e. The zero-order valence-corrected chi connectivity index (χ0v) is 22.3. The molecule has 0 radical (unpaired) electrons. The van der Waals surface area contributed by atoms with E-state index in [1.165, 1.54) is 23.9 Å². The molecule has 1 N–H and O–H groups in total. The van der Waals surface area contributed by atoms with Gasteiger partial charge in [0.25, 0.3) is 5.91 Å². The number of rotatable bonds is 6. The molecule has 0 atom stereocenters. The molecule has 1 aliphatic rings. The first-order valence-electron chi connectivity index (χ1n) is 12.1. The van der Waals surface area contributed by atoms with Crippen LogP contribution in [0.1, 0.15) is 40.4 Å². The van der Waals surface area contributed by atoms with Crippen molar-refractivity contribution in [3.63, 3.8) is 0 Å². The van der Waals surface area contributed by atoms with Gasteiger partial charge in [0.1, 0.15) is 11.0 Å². The lowest BCUT2D eigenvalue weighted by molar-refractivity contribution is 0.102. The molecule has 0 bridgehead atoms. The molecule has 37 heavy (non-hydrogen) atoms. The fourth-order valence-corrected chi connectivity index (χ4v) is 5.19. The van der Waals surface area contributed by atoms with Crippen LogP contribution in [0.2, 0.25) is 5.15 Å². The van der Waals surface area contributed by atoms with Crippen LogP contribution in [0.3, 0.4) is 0 Å². The van der Waals surface area contributed by atoms with Crippen LogP contribution in [0.4, 0.5) is 10.1 Å². The Bertz CT molecular complexity index is 1390. The van der Waals surface area contributed by atoms with E-state index in [0.717, 1.165) is 53.8 Å². The Morgan fingerprint density at radius 2 is 1.68 bits per heavy atom. The highest BCUT2D eigenvalue weighted by Gasteiger charge is 2.25. The minimum atomic E-state index is -0.244. The van der Waals surface area contributed by atoms with Crippen LogP contribution in [0.15, 0.2) is 83.6 Å². The number of carbonyl (C=O) groups is 1. The number of piperidine rings is 1. The average Bonchev–Trinajstić information content (AvgIpc) is 2.90. The third-order valence-corrected chi connectivity index (χ3v) is 7.27. The van der Waals surface area contributed by atoms with Gasteiger partial charge in [-0.05, 0) is 88.9 Å². The van der Waals surface area contributed by atoms with Crippen molar-refractivity contribution in [2.45, 2.75) is 25.3 Å². The molecule has 8 heteroatoms. The number of hydrogen-bond donors (Lipinski definition) is 1. The van der Waals surface area contributed by atoms with Crippen LogP contribution in [-0.4, -0.2) is 33.9 Å². The molecule has 0 unspecified atom stereocenters. The van der Waals surface area contributed by atoms with Crippen molar-refractivity contribution in [1.29, 1.82) is 0 Å². The van der Waals surface area contributed by atoms with Gasteiger partial charge in [-0.3, -0.25) is 14.7 Å². The Morgan fingerprint density at radius 1 is 1.00 bits per heavy atom. The van der Waals surface area contributed by atoms with Crippen molar-refractivity contribution in [2.75, 3.05) is 18.4 Å². The molecule has 0 aliphatic carbocycles. The monoisotopic (exact) mass is 578 g/mol. The van der Waals surface area contributed by atoms with Crippen LogP contribution in [-0.2, 0) is 6.54 Å². The molecule has 188 valence electrons.